The summed E-state index contributed by atoms with van der Waals surface area (Å²) in [5, 5.41) is 6.07. The van der Waals surface area contributed by atoms with Crippen LogP contribution in [0.5, 0.6) is 0 Å². The van der Waals surface area contributed by atoms with Crippen LogP contribution in [0.2, 0.25) is 0 Å². The smallest absolute Gasteiger partial charge is 0.243 e. The lowest BCUT2D eigenvalue weighted by atomic mass is 9.96. The zero-order valence-electron chi connectivity index (χ0n) is 20.2. The van der Waals surface area contributed by atoms with Gasteiger partial charge in [0.05, 0.1) is 11.4 Å². The van der Waals surface area contributed by atoms with E-state index in [-0.39, 0.29) is 23.8 Å². The van der Waals surface area contributed by atoms with Crippen LogP contribution in [-0.2, 0) is 19.6 Å². The van der Waals surface area contributed by atoms with Crippen LogP contribution in [0.3, 0.4) is 0 Å². The number of aryl methyl sites for hydroxylation is 1. The Hall–Kier alpha value is -2.75. The van der Waals surface area contributed by atoms with Gasteiger partial charge >= 0.3 is 0 Å². The summed E-state index contributed by atoms with van der Waals surface area (Å²) in [6.07, 6.45) is 2.64. The van der Waals surface area contributed by atoms with E-state index in [1.807, 2.05) is 37.3 Å². The normalized spacial score (nSPS) is 18.8. The van der Waals surface area contributed by atoms with Crippen molar-refractivity contribution in [3.63, 3.8) is 0 Å². The lowest BCUT2D eigenvalue weighted by Gasteiger charge is -2.34. The molecular weight excluding hydrogens is 464 g/mol. The third-order valence-electron chi connectivity index (χ3n) is 6.84. The summed E-state index contributed by atoms with van der Waals surface area (Å²) in [7, 11) is -3.53. The standard InChI is InChI=1S/C26H34N4O4S/c1-20-7-9-24(10-8-20)35(33,34)30-17-11-21(12-18-30)26(32)28-23-13-15-29(16-14-23)19-25(31)27-22-5-3-2-4-6-22/h2-10,21,23H,11-19H2,1H3,(H,27,31)(H,28,32). The lowest BCUT2D eigenvalue weighted by Crippen LogP contribution is -2.49. The van der Waals surface area contributed by atoms with Gasteiger partial charge in [-0.25, -0.2) is 8.42 Å². The fourth-order valence-electron chi connectivity index (χ4n) is 4.70. The molecule has 2 aliphatic rings. The van der Waals surface area contributed by atoms with Crippen LogP contribution < -0.4 is 10.6 Å². The molecule has 8 nitrogen and oxygen atoms in total. The molecule has 188 valence electrons. The van der Waals surface area contributed by atoms with Crippen LogP contribution >= 0.6 is 0 Å². The Morgan fingerprint density at radius 2 is 1.51 bits per heavy atom. The summed E-state index contributed by atoms with van der Waals surface area (Å²) in [5.41, 5.74) is 1.80. The van der Waals surface area contributed by atoms with Crippen molar-refractivity contribution in [3.8, 4) is 0 Å². The summed E-state index contributed by atoms with van der Waals surface area (Å²) in [6.45, 7) is 4.46. The Labute approximate surface area is 207 Å². The molecule has 2 aromatic carbocycles. The number of anilines is 1. The Bertz CT molecular complexity index is 1110. The highest BCUT2D eigenvalue weighted by Crippen LogP contribution is 2.25. The zero-order chi connectivity index (χ0) is 24.8. The second-order valence-corrected chi connectivity index (χ2v) is 11.4. The second kappa shape index (κ2) is 11.3. The summed E-state index contributed by atoms with van der Waals surface area (Å²) in [5.74, 6) is -0.196. The van der Waals surface area contributed by atoms with Gasteiger partial charge in [0.1, 0.15) is 0 Å². The van der Waals surface area contributed by atoms with Gasteiger partial charge in [0.25, 0.3) is 0 Å². The largest absolute Gasteiger partial charge is 0.353 e. The van der Waals surface area contributed by atoms with Crippen molar-refractivity contribution in [1.29, 1.82) is 0 Å². The molecular formula is C26H34N4O4S. The number of nitrogens with one attached hydrogen (secondary N) is 2. The molecule has 2 amide bonds. The summed E-state index contributed by atoms with van der Waals surface area (Å²) < 4.78 is 27.3. The van der Waals surface area contributed by atoms with Crippen molar-refractivity contribution >= 4 is 27.5 Å². The third kappa shape index (κ3) is 6.68. The van der Waals surface area contributed by atoms with E-state index in [1.165, 1.54) is 4.31 Å². The number of nitrogens with zero attached hydrogens (tertiary/aromatic N) is 2. The average Bonchev–Trinajstić information content (AvgIpc) is 2.86. The number of carbonyl (C=O) groups is 2. The molecule has 0 spiro atoms. The number of rotatable bonds is 7. The van der Waals surface area contributed by atoms with Crippen LogP contribution in [0.15, 0.2) is 59.5 Å². The van der Waals surface area contributed by atoms with Gasteiger partial charge < -0.3 is 10.6 Å². The van der Waals surface area contributed by atoms with Crippen molar-refractivity contribution in [1.82, 2.24) is 14.5 Å². The van der Waals surface area contributed by atoms with Crippen molar-refractivity contribution in [2.24, 2.45) is 5.92 Å². The Morgan fingerprint density at radius 1 is 0.886 bits per heavy atom. The number of carbonyl (C=O) groups excluding carboxylic acids is 2. The van der Waals surface area contributed by atoms with E-state index in [1.54, 1.807) is 24.3 Å². The number of amides is 2. The number of sulfonamides is 1. The molecule has 0 radical (unpaired) electrons. The predicted molar refractivity (Wildman–Crippen MR) is 135 cm³/mol. The van der Waals surface area contributed by atoms with Crippen LogP contribution in [0, 0.1) is 12.8 Å². The van der Waals surface area contributed by atoms with Gasteiger partial charge in [-0.2, -0.15) is 4.31 Å². The first-order chi connectivity index (χ1) is 16.8. The van der Waals surface area contributed by atoms with Crippen LogP contribution in [0.25, 0.3) is 0 Å². The maximum Gasteiger partial charge on any atom is 0.243 e. The van der Waals surface area contributed by atoms with Gasteiger partial charge in [-0.15, -0.1) is 0 Å². The molecule has 2 saturated heterocycles. The molecule has 0 unspecified atom stereocenters. The van der Waals surface area contributed by atoms with Gasteiger partial charge in [-0.05, 0) is 56.9 Å². The molecule has 0 aromatic heterocycles. The molecule has 0 bridgehead atoms. The Kier molecular flexibility index (Phi) is 8.20. The lowest BCUT2D eigenvalue weighted by molar-refractivity contribution is -0.127. The topological polar surface area (TPSA) is 98.8 Å². The molecule has 9 heteroatoms. The molecule has 2 aromatic rings. The van der Waals surface area contributed by atoms with E-state index in [0.29, 0.717) is 37.4 Å². The third-order valence-corrected chi connectivity index (χ3v) is 8.76. The minimum atomic E-state index is -3.53. The van der Waals surface area contributed by atoms with Crippen LogP contribution in [-0.4, -0.2) is 68.2 Å². The molecule has 2 aliphatic heterocycles. The average molecular weight is 499 g/mol. The first kappa shape index (κ1) is 25.3. The van der Waals surface area contributed by atoms with E-state index in [0.717, 1.165) is 37.2 Å². The summed E-state index contributed by atoms with van der Waals surface area (Å²) >= 11 is 0. The fourth-order valence-corrected chi connectivity index (χ4v) is 6.17. The van der Waals surface area contributed by atoms with Gasteiger partial charge in [-0.1, -0.05) is 35.9 Å². The first-order valence-electron chi connectivity index (χ1n) is 12.3. The highest BCUT2D eigenvalue weighted by Gasteiger charge is 2.33. The monoisotopic (exact) mass is 498 g/mol. The molecule has 4 rings (SSSR count). The molecule has 2 N–H and O–H groups in total. The number of para-hydroxylation sites is 1. The van der Waals surface area contributed by atoms with E-state index in [2.05, 4.69) is 15.5 Å². The molecule has 35 heavy (non-hydrogen) atoms. The van der Waals surface area contributed by atoms with Crippen molar-refractivity contribution in [3.05, 3.63) is 60.2 Å². The predicted octanol–water partition coefficient (Wildman–Crippen LogP) is 2.62. The minimum absolute atomic E-state index is 0.0117. The maximum atomic E-state index is 12.9. The van der Waals surface area contributed by atoms with E-state index < -0.39 is 10.0 Å². The number of hydrogen-bond donors (Lipinski definition) is 2. The van der Waals surface area contributed by atoms with Crippen molar-refractivity contribution < 1.29 is 18.0 Å². The van der Waals surface area contributed by atoms with E-state index >= 15 is 0 Å². The molecule has 2 heterocycles. The molecule has 0 aliphatic carbocycles. The van der Waals surface area contributed by atoms with Gasteiger partial charge in [0.15, 0.2) is 0 Å². The number of benzene rings is 2. The van der Waals surface area contributed by atoms with Crippen LogP contribution in [0.1, 0.15) is 31.2 Å². The Balaban J connectivity index is 1.18. The van der Waals surface area contributed by atoms with E-state index in [9.17, 15) is 18.0 Å². The Morgan fingerprint density at radius 3 is 2.14 bits per heavy atom. The molecule has 0 saturated carbocycles. The highest BCUT2D eigenvalue weighted by atomic mass is 32.2. The van der Waals surface area contributed by atoms with Crippen molar-refractivity contribution in [2.75, 3.05) is 38.0 Å². The van der Waals surface area contributed by atoms with E-state index in [4.69, 9.17) is 0 Å². The first-order valence-corrected chi connectivity index (χ1v) is 13.7. The van der Waals surface area contributed by atoms with Gasteiger partial charge in [-0.3, -0.25) is 14.5 Å². The summed E-state index contributed by atoms with van der Waals surface area (Å²) in [4.78, 5) is 27.5. The summed E-state index contributed by atoms with van der Waals surface area (Å²) in [6, 6.07) is 16.4. The second-order valence-electron chi connectivity index (χ2n) is 9.46. The quantitative estimate of drug-likeness (QED) is 0.612. The number of likely N-dealkylation sites (tertiary alicyclic amines) is 1. The highest BCUT2D eigenvalue weighted by molar-refractivity contribution is 7.89. The SMILES string of the molecule is Cc1ccc(S(=O)(=O)N2CCC(C(=O)NC3CCN(CC(=O)Nc4ccccc4)CC3)CC2)cc1. The fraction of sp³-hybridized carbons (Fsp3) is 0.462. The number of piperidine rings is 2. The zero-order valence-corrected chi connectivity index (χ0v) is 21.0. The molecule has 0 atom stereocenters. The minimum Gasteiger partial charge on any atom is -0.353 e. The number of hydrogen-bond acceptors (Lipinski definition) is 5. The van der Waals surface area contributed by atoms with Crippen molar-refractivity contribution in [2.45, 2.75) is 43.5 Å². The van der Waals surface area contributed by atoms with Gasteiger partial charge in [0, 0.05) is 43.8 Å². The molecule has 2 fully saturated rings. The maximum absolute atomic E-state index is 12.9. The van der Waals surface area contributed by atoms with Crippen LogP contribution in [0.4, 0.5) is 5.69 Å². The van der Waals surface area contributed by atoms with Gasteiger partial charge in [0.2, 0.25) is 21.8 Å².